The Morgan fingerprint density at radius 2 is 2.19 bits per heavy atom. The van der Waals surface area contributed by atoms with E-state index in [0.717, 1.165) is 33.9 Å². The van der Waals surface area contributed by atoms with E-state index in [4.69, 9.17) is 33.8 Å². The monoisotopic (exact) mass is 323 g/mol. The molecule has 0 spiro atoms. The van der Waals surface area contributed by atoms with Crippen LogP contribution in [0.3, 0.4) is 0 Å². The molecule has 1 atom stereocenters. The van der Waals surface area contributed by atoms with Crippen molar-refractivity contribution in [2.45, 2.75) is 18.9 Å². The first-order chi connectivity index (χ1) is 10.2. The minimum Gasteiger partial charge on any atom is -0.493 e. The largest absolute Gasteiger partial charge is 0.493 e. The first-order valence-electron chi connectivity index (χ1n) is 6.69. The number of ether oxygens (including phenoxy) is 1. The van der Waals surface area contributed by atoms with E-state index in [-0.39, 0.29) is 6.04 Å². The molecule has 1 aromatic carbocycles. The molecule has 21 heavy (non-hydrogen) atoms. The average Bonchev–Trinajstić information content (AvgIpc) is 2.92. The lowest BCUT2D eigenvalue weighted by molar-refractivity contribution is 0.351. The van der Waals surface area contributed by atoms with Gasteiger partial charge in [-0.3, -0.25) is 11.3 Å². The summed E-state index contributed by atoms with van der Waals surface area (Å²) in [5, 5.41) is 1.16. The summed E-state index contributed by atoms with van der Waals surface area (Å²) in [6.07, 6.45) is 3.23. The van der Waals surface area contributed by atoms with Gasteiger partial charge >= 0.3 is 0 Å². The molecule has 6 heteroatoms. The van der Waals surface area contributed by atoms with Crippen LogP contribution in [0, 0.1) is 0 Å². The fraction of sp³-hybridized carbons (Fsp3) is 0.267. The van der Waals surface area contributed by atoms with Gasteiger partial charge in [0.25, 0.3) is 0 Å². The van der Waals surface area contributed by atoms with Gasteiger partial charge in [0, 0.05) is 17.6 Å². The Hall–Kier alpha value is -1.33. The summed E-state index contributed by atoms with van der Waals surface area (Å²) in [7, 11) is 0. The highest BCUT2D eigenvalue weighted by Crippen LogP contribution is 2.35. The zero-order valence-electron chi connectivity index (χ0n) is 11.3. The summed E-state index contributed by atoms with van der Waals surface area (Å²) in [4.78, 5) is 3.99. The van der Waals surface area contributed by atoms with Crippen LogP contribution in [0.1, 0.15) is 22.7 Å². The van der Waals surface area contributed by atoms with E-state index >= 15 is 0 Å². The highest BCUT2D eigenvalue weighted by Gasteiger charge is 2.21. The van der Waals surface area contributed by atoms with Crippen molar-refractivity contribution >= 4 is 23.2 Å². The van der Waals surface area contributed by atoms with E-state index in [2.05, 4.69) is 10.4 Å². The maximum atomic E-state index is 6.19. The van der Waals surface area contributed by atoms with Crippen LogP contribution in [0.4, 0.5) is 0 Å². The minimum absolute atomic E-state index is 0.0859. The van der Waals surface area contributed by atoms with Crippen LogP contribution in [0.15, 0.2) is 30.5 Å². The molecule has 0 fully saturated rings. The molecule has 1 aliphatic heterocycles. The molecule has 0 saturated heterocycles. The predicted molar refractivity (Wildman–Crippen MR) is 83.7 cm³/mol. The number of halogens is 2. The number of rotatable bonds is 4. The van der Waals surface area contributed by atoms with Gasteiger partial charge in [0.15, 0.2) is 0 Å². The summed E-state index contributed by atoms with van der Waals surface area (Å²) < 4.78 is 5.72. The number of hydrogen-bond acceptors (Lipinski definition) is 4. The van der Waals surface area contributed by atoms with Crippen LogP contribution in [0.25, 0.3) is 0 Å². The van der Waals surface area contributed by atoms with Gasteiger partial charge in [-0.2, -0.15) is 0 Å². The molecule has 2 heterocycles. The SMILES string of the molecule is NNC(Cc1cc(Cl)cc2c1OCC2)c1ccnc(Cl)c1. The molecule has 3 N–H and O–H groups in total. The van der Waals surface area contributed by atoms with Gasteiger partial charge in [0.2, 0.25) is 0 Å². The van der Waals surface area contributed by atoms with Crippen molar-refractivity contribution in [2.24, 2.45) is 5.84 Å². The summed E-state index contributed by atoms with van der Waals surface area (Å²) in [6.45, 7) is 0.699. The topological polar surface area (TPSA) is 60.2 Å². The smallest absolute Gasteiger partial charge is 0.129 e. The van der Waals surface area contributed by atoms with Crippen molar-refractivity contribution in [2.75, 3.05) is 6.61 Å². The fourth-order valence-corrected chi connectivity index (χ4v) is 3.07. The maximum absolute atomic E-state index is 6.19. The number of fused-ring (bicyclic) bond motifs is 1. The molecule has 1 unspecified atom stereocenters. The van der Waals surface area contributed by atoms with Gasteiger partial charge in [0.1, 0.15) is 10.9 Å². The lowest BCUT2D eigenvalue weighted by Crippen LogP contribution is -2.29. The van der Waals surface area contributed by atoms with Crippen molar-refractivity contribution in [3.63, 3.8) is 0 Å². The molecule has 0 saturated carbocycles. The Kier molecular flexibility index (Phi) is 4.31. The lowest BCUT2D eigenvalue weighted by Gasteiger charge is -2.18. The molecule has 0 aliphatic carbocycles. The molecule has 4 nitrogen and oxygen atoms in total. The summed E-state index contributed by atoms with van der Waals surface area (Å²) in [5.74, 6) is 6.63. The minimum atomic E-state index is -0.0859. The molecule has 3 rings (SSSR count). The maximum Gasteiger partial charge on any atom is 0.129 e. The third-order valence-corrected chi connectivity index (χ3v) is 4.03. The number of pyridine rings is 1. The molecule has 1 aliphatic rings. The number of hydrogen-bond donors (Lipinski definition) is 2. The molecular formula is C15H15Cl2N3O. The molecule has 1 aromatic heterocycles. The Morgan fingerprint density at radius 1 is 1.33 bits per heavy atom. The lowest BCUT2D eigenvalue weighted by atomic mass is 9.98. The first-order valence-corrected chi connectivity index (χ1v) is 7.44. The number of hydrazine groups is 1. The predicted octanol–water partition coefficient (Wildman–Crippen LogP) is 3.07. The molecule has 0 bridgehead atoms. The standard InChI is InChI=1S/C15H15Cl2N3O/c16-12-5-10-2-4-21-15(10)11(6-12)7-13(20-18)9-1-3-19-14(17)8-9/h1,3,5-6,8,13,20H,2,4,7,18H2. The highest BCUT2D eigenvalue weighted by molar-refractivity contribution is 6.30. The zero-order valence-corrected chi connectivity index (χ0v) is 12.8. The second-order valence-electron chi connectivity index (χ2n) is 4.99. The van der Waals surface area contributed by atoms with E-state index in [1.807, 2.05) is 18.2 Å². The van der Waals surface area contributed by atoms with Gasteiger partial charge in [-0.05, 0) is 47.4 Å². The summed E-state index contributed by atoms with van der Waals surface area (Å²) >= 11 is 12.1. The number of benzene rings is 1. The highest BCUT2D eigenvalue weighted by atomic mass is 35.5. The quantitative estimate of drug-likeness (QED) is 0.515. The van der Waals surface area contributed by atoms with Crippen LogP contribution in [0.2, 0.25) is 10.2 Å². The second kappa shape index (κ2) is 6.20. The van der Waals surface area contributed by atoms with Gasteiger partial charge in [-0.1, -0.05) is 23.2 Å². The van der Waals surface area contributed by atoms with E-state index in [0.29, 0.717) is 18.2 Å². The molecule has 0 amide bonds. The Balaban J connectivity index is 1.91. The molecule has 110 valence electrons. The van der Waals surface area contributed by atoms with Crippen molar-refractivity contribution in [1.29, 1.82) is 0 Å². The molecule has 2 aromatic rings. The van der Waals surface area contributed by atoms with Crippen LogP contribution >= 0.6 is 23.2 Å². The van der Waals surface area contributed by atoms with Gasteiger partial charge < -0.3 is 4.74 Å². The van der Waals surface area contributed by atoms with E-state index in [9.17, 15) is 0 Å². The Morgan fingerprint density at radius 3 is 2.95 bits per heavy atom. The van der Waals surface area contributed by atoms with E-state index in [1.165, 1.54) is 0 Å². The zero-order chi connectivity index (χ0) is 14.8. The van der Waals surface area contributed by atoms with Crippen LogP contribution in [0.5, 0.6) is 5.75 Å². The van der Waals surface area contributed by atoms with Gasteiger partial charge in [0.05, 0.1) is 12.6 Å². The first kappa shape index (κ1) is 14.6. The molecule has 0 radical (unpaired) electrons. The van der Waals surface area contributed by atoms with Crippen LogP contribution < -0.4 is 16.0 Å². The summed E-state index contributed by atoms with van der Waals surface area (Å²) in [6, 6.07) is 7.50. The Bertz CT molecular complexity index is 663. The van der Waals surface area contributed by atoms with Crippen LogP contribution in [-0.4, -0.2) is 11.6 Å². The molecular weight excluding hydrogens is 309 g/mol. The number of aromatic nitrogens is 1. The Labute approximate surface area is 133 Å². The fourth-order valence-electron chi connectivity index (χ4n) is 2.62. The van der Waals surface area contributed by atoms with Gasteiger partial charge in [-0.25, -0.2) is 4.98 Å². The van der Waals surface area contributed by atoms with E-state index < -0.39 is 0 Å². The number of nitrogens with one attached hydrogen (secondary N) is 1. The number of nitrogens with zero attached hydrogens (tertiary/aromatic N) is 1. The van der Waals surface area contributed by atoms with Crippen LogP contribution in [-0.2, 0) is 12.8 Å². The summed E-state index contributed by atoms with van der Waals surface area (Å²) in [5.41, 5.74) is 6.00. The third kappa shape index (κ3) is 3.14. The van der Waals surface area contributed by atoms with Gasteiger partial charge in [-0.15, -0.1) is 0 Å². The van der Waals surface area contributed by atoms with Crippen molar-refractivity contribution < 1.29 is 4.74 Å². The van der Waals surface area contributed by atoms with Crippen molar-refractivity contribution in [3.8, 4) is 5.75 Å². The van der Waals surface area contributed by atoms with E-state index in [1.54, 1.807) is 12.3 Å². The third-order valence-electron chi connectivity index (χ3n) is 3.60. The second-order valence-corrected chi connectivity index (χ2v) is 5.81. The van der Waals surface area contributed by atoms with Crippen molar-refractivity contribution in [3.05, 3.63) is 57.3 Å². The normalized spacial score (nSPS) is 14.6. The van der Waals surface area contributed by atoms with Crippen molar-refractivity contribution in [1.82, 2.24) is 10.4 Å². The average molecular weight is 324 g/mol. The number of nitrogens with two attached hydrogens (primary N) is 1.